The fraction of sp³-hybridized carbons (Fsp3) is 0.130. The number of imidazole rings is 1. The zero-order valence-corrected chi connectivity index (χ0v) is 17.1. The molecule has 28 heavy (non-hydrogen) atoms. The number of carbonyl (C=O) groups is 1. The Morgan fingerprint density at radius 3 is 2.68 bits per heavy atom. The zero-order chi connectivity index (χ0) is 19.5. The molecule has 0 saturated heterocycles. The number of carbonyl (C=O) groups excluding carboxylic acids is 1. The molecule has 4 rings (SSSR count). The van der Waals surface area contributed by atoms with Crippen LogP contribution in [0.3, 0.4) is 0 Å². The molecule has 1 aromatic heterocycles. The average Bonchev–Trinajstić information content (AvgIpc) is 3.04. The molecule has 0 saturated carbocycles. The molecule has 0 unspecified atom stereocenters. The maximum absolute atomic E-state index is 12.5. The van der Waals surface area contributed by atoms with E-state index in [4.69, 9.17) is 4.98 Å². The van der Waals surface area contributed by atoms with Crippen LogP contribution < -0.4 is 5.32 Å². The highest BCUT2D eigenvalue weighted by Crippen LogP contribution is 2.19. The lowest BCUT2D eigenvalue weighted by Crippen LogP contribution is -2.24. The number of benzene rings is 3. The molecule has 1 amide bonds. The molecule has 0 bridgehead atoms. The molecule has 4 nitrogen and oxygen atoms in total. The number of hydrogen-bond donors (Lipinski definition) is 1. The summed E-state index contributed by atoms with van der Waals surface area (Å²) in [5.74, 6) is 0.724. The van der Waals surface area contributed by atoms with E-state index in [0.29, 0.717) is 18.7 Å². The van der Waals surface area contributed by atoms with Gasteiger partial charge in [0.2, 0.25) is 0 Å². The van der Waals surface area contributed by atoms with E-state index in [9.17, 15) is 4.79 Å². The van der Waals surface area contributed by atoms with E-state index in [1.165, 1.54) is 11.1 Å². The van der Waals surface area contributed by atoms with Crippen molar-refractivity contribution in [2.45, 2.75) is 20.0 Å². The largest absolute Gasteiger partial charge is 0.345 e. The minimum atomic E-state index is -0.115. The second kappa shape index (κ2) is 7.98. The number of aryl methyl sites for hydroxylation is 1. The first-order valence-electron chi connectivity index (χ1n) is 9.13. The summed E-state index contributed by atoms with van der Waals surface area (Å²) in [6.07, 6.45) is 0. The van der Waals surface area contributed by atoms with Crippen LogP contribution in [-0.4, -0.2) is 15.5 Å². The topological polar surface area (TPSA) is 46.9 Å². The Morgan fingerprint density at radius 2 is 1.86 bits per heavy atom. The fourth-order valence-corrected chi connectivity index (χ4v) is 3.72. The molecule has 0 aliphatic heterocycles. The van der Waals surface area contributed by atoms with Gasteiger partial charge >= 0.3 is 0 Å². The Morgan fingerprint density at radius 1 is 1.04 bits per heavy atom. The first-order chi connectivity index (χ1) is 13.6. The van der Waals surface area contributed by atoms with Crippen LogP contribution in [0.15, 0.2) is 77.3 Å². The first-order valence-corrected chi connectivity index (χ1v) is 9.93. The van der Waals surface area contributed by atoms with Crippen molar-refractivity contribution in [1.82, 2.24) is 14.9 Å². The minimum Gasteiger partial charge on any atom is -0.345 e. The summed E-state index contributed by atoms with van der Waals surface area (Å²) in [4.78, 5) is 17.3. The van der Waals surface area contributed by atoms with Gasteiger partial charge in [-0.2, -0.15) is 0 Å². The number of nitrogens with one attached hydrogen (secondary N) is 1. The van der Waals surface area contributed by atoms with E-state index in [1.807, 2.05) is 36.4 Å². The molecule has 5 heteroatoms. The van der Waals surface area contributed by atoms with Gasteiger partial charge in [-0.3, -0.25) is 4.79 Å². The lowest BCUT2D eigenvalue weighted by molar-refractivity contribution is 0.0949. The molecule has 0 fully saturated rings. The zero-order valence-electron chi connectivity index (χ0n) is 15.5. The number of para-hydroxylation sites is 2. The summed E-state index contributed by atoms with van der Waals surface area (Å²) in [5, 5.41) is 3.00. The molecule has 0 aliphatic carbocycles. The lowest BCUT2D eigenvalue weighted by atomic mass is 10.1. The predicted molar refractivity (Wildman–Crippen MR) is 115 cm³/mol. The number of halogens is 1. The van der Waals surface area contributed by atoms with Gasteiger partial charge in [0.15, 0.2) is 0 Å². The van der Waals surface area contributed by atoms with Gasteiger partial charge in [-0.1, -0.05) is 64.0 Å². The summed E-state index contributed by atoms with van der Waals surface area (Å²) in [6, 6.07) is 23.9. The normalized spacial score (nSPS) is 10.9. The van der Waals surface area contributed by atoms with Crippen molar-refractivity contribution in [3.8, 4) is 0 Å². The Balaban J connectivity index is 1.62. The molecule has 1 heterocycles. The molecule has 0 radical (unpaired) electrons. The van der Waals surface area contributed by atoms with Crippen molar-refractivity contribution in [3.63, 3.8) is 0 Å². The molecule has 140 valence electrons. The van der Waals surface area contributed by atoms with E-state index in [-0.39, 0.29) is 5.91 Å². The Bertz CT molecular complexity index is 1150. The van der Waals surface area contributed by atoms with Crippen molar-refractivity contribution in [3.05, 3.63) is 99.8 Å². The number of nitrogens with zero attached hydrogens (tertiary/aromatic N) is 2. The van der Waals surface area contributed by atoms with Crippen LogP contribution in [-0.2, 0) is 13.1 Å². The standard InChI is InChI=1S/C23H20BrN3O/c1-16-6-4-7-17(12-16)15-27-21-11-3-2-10-20(21)26-22(27)14-25-23(28)18-8-5-9-19(24)13-18/h2-13H,14-15H2,1H3,(H,25,28). The van der Waals surface area contributed by atoms with Crippen molar-refractivity contribution in [2.24, 2.45) is 0 Å². The Hall–Kier alpha value is -2.92. The lowest BCUT2D eigenvalue weighted by Gasteiger charge is -2.11. The van der Waals surface area contributed by atoms with E-state index < -0.39 is 0 Å². The van der Waals surface area contributed by atoms with Gasteiger partial charge in [0.25, 0.3) is 5.91 Å². The van der Waals surface area contributed by atoms with E-state index in [2.05, 4.69) is 63.1 Å². The molecule has 3 aromatic carbocycles. The average molecular weight is 434 g/mol. The van der Waals surface area contributed by atoms with Crippen molar-refractivity contribution < 1.29 is 4.79 Å². The van der Waals surface area contributed by atoms with E-state index in [1.54, 1.807) is 6.07 Å². The van der Waals surface area contributed by atoms with Crippen LogP contribution in [0.25, 0.3) is 11.0 Å². The van der Waals surface area contributed by atoms with E-state index >= 15 is 0 Å². The van der Waals surface area contributed by atoms with Gasteiger partial charge in [0.05, 0.1) is 17.6 Å². The molecule has 1 N–H and O–H groups in total. The van der Waals surface area contributed by atoms with E-state index in [0.717, 1.165) is 21.3 Å². The van der Waals surface area contributed by atoms with Crippen LogP contribution >= 0.6 is 15.9 Å². The smallest absolute Gasteiger partial charge is 0.251 e. The molecular formula is C23H20BrN3O. The van der Waals surface area contributed by atoms with Crippen LogP contribution in [0.5, 0.6) is 0 Å². The van der Waals surface area contributed by atoms with Crippen LogP contribution in [0.2, 0.25) is 0 Å². The number of fused-ring (bicyclic) bond motifs is 1. The third-order valence-electron chi connectivity index (χ3n) is 4.65. The highest BCUT2D eigenvalue weighted by molar-refractivity contribution is 9.10. The number of aromatic nitrogens is 2. The summed E-state index contributed by atoms with van der Waals surface area (Å²) in [6.45, 7) is 3.17. The highest BCUT2D eigenvalue weighted by atomic mass is 79.9. The maximum Gasteiger partial charge on any atom is 0.251 e. The number of rotatable bonds is 5. The Kier molecular flexibility index (Phi) is 5.26. The van der Waals surface area contributed by atoms with Crippen molar-refractivity contribution in [1.29, 1.82) is 0 Å². The number of amides is 1. The molecule has 0 aliphatic rings. The fourth-order valence-electron chi connectivity index (χ4n) is 3.32. The third kappa shape index (κ3) is 3.99. The second-order valence-corrected chi connectivity index (χ2v) is 7.70. The quantitative estimate of drug-likeness (QED) is 0.476. The van der Waals surface area contributed by atoms with Gasteiger partial charge in [-0.25, -0.2) is 4.98 Å². The van der Waals surface area contributed by atoms with Crippen LogP contribution in [0.4, 0.5) is 0 Å². The Labute approximate surface area is 172 Å². The monoisotopic (exact) mass is 433 g/mol. The number of hydrogen-bond acceptors (Lipinski definition) is 2. The van der Waals surface area contributed by atoms with Gasteiger partial charge in [-0.15, -0.1) is 0 Å². The highest BCUT2D eigenvalue weighted by Gasteiger charge is 2.13. The van der Waals surface area contributed by atoms with Crippen molar-refractivity contribution in [2.75, 3.05) is 0 Å². The summed E-state index contributed by atoms with van der Waals surface area (Å²) in [5.41, 5.74) is 5.06. The van der Waals surface area contributed by atoms with Gasteiger partial charge in [0.1, 0.15) is 5.82 Å². The van der Waals surface area contributed by atoms with Crippen LogP contribution in [0.1, 0.15) is 27.3 Å². The summed E-state index contributed by atoms with van der Waals surface area (Å²) in [7, 11) is 0. The first kappa shape index (κ1) is 18.4. The molecule has 0 atom stereocenters. The third-order valence-corrected chi connectivity index (χ3v) is 5.14. The van der Waals surface area contributed by atoms with Crippen molar-refractivity contribution >= 4 is 32.9 Å². The molecule has 0 spiro atoms. The van der Waals surface area contributed by atoms with Crippen LogP contribution in [0, 0.1) is 6.92 Å². The molecular weight excluding hydrogens is 414 g/mol. The molecule has 4 aromatic rings. The minimum absolute atomic E-state index is 0.115. The summed E-state index contributed by atoms with van der Waals surface area (Å²) >= 11 is 3.41. The van der Waals surface area contributed by atoms with Gasteiger partial charge < -0.3 is 9.88 Å². The SMILES string of the molecule is Cc1cccc(Cn2c(CNC(=O)c3cccc(Br)c3)nc3ccccc32)c1. The van der Waals surface area contributed by atoms with Gasteiger partial charge in [-0.05, 0) is 42.8 Å². The summed E-state index contributed by atoms with van der Waals surface area (Å²) < 4.78 is 3.05. The predicted octanol–water partition coefficient (Wildman–Crippen LogP) is 5.09. The second-order valence-electron chi connectivity index (χ2n) is 6.78. The maximum atomic E-state index is 12.5. The van der Waals surface area contributed by atoms with Gasteiger partial charge in [0, 0.05) is 16.6 Å².